The van der Waals surface area contributed by atoms with Crippen LogP contribution in [0.15, 0.2) is 41.0 Å². The number of nitriles is 1. The monoisotopic (exact) mass is 279 g/mol. The van der Waals surface area contributed by atoms with Crippen molar-refractivity contribution in [3.8, 4) is 6.07 Å². The number of hydrogen-bond donors (Lipinski definition) is 0. The normalized spacial score (nSPS) is 11.8. The summed E-state index contributed by atoms with van der Waals surface area (Å²) in [5.74, 6) is -1.35. The zero-order chi connectivity index (χ0) is 13.1. The largest absolute Gasteiger partial charge is 0.452 e. The van der Waals surface area contributed by atoms with Gasteiger partial charge in [0, 0.05) is 5.02 Å². The molecular weight excluding hydrogens is 273 g/mol. The van der Waals surface area contributed by atoms with E-state index in [2.05, 4.69) is 0 Å². The van der Waals surface area contributed by atoms with Crippen molar-refractivity contribution < 1.29 is 9.21 Å². The van der Waals surface area contributed by atoms with E-state index < -0.39 is 11.7 Å². The van der Waals surface area contributed by atoms with Crippen molar-refractivity contribution in [3.05, 3.63) is 58.0 Å². The Morgan fingerprint density at radius 3 is 2.67 bits per heavy atom. The van der Waals surface area contributed by atoms with Crippen molar-refractivity contribution in [1.29, 1.82) is 5.26 Å². The zero-order valence-corrected chi connectivity index (χ0v) is 10.6. The van der Waals surface area contributed by atoms with E-state index in [1.54, 1.807) is 24.3 Å². The summed E-state index contributed by atoms with van der Waals surface area (Å²) in [5.41, 5.74) is 0.732. The standard InChI is InChI=1S/C13H7Cl2NO2/c14-9-3-1-2-8(6-9)11(7-16)12(17)10-4-5-18-13(10)15/h1-6,11H. The minimum atomic E-state index is -0.946. The second-order valence-electron chi connectivity index (χ2n) is 3.59. The third kappa shape index (κ3) is 2.40. The van der Waals surface area contributed by atoms with E-state index in [0.29, 0.717) is 10.6 Å². The lowest BCUT2D eigenvalue weighted by molar-refractivity contribution is 0.0978. The molecule has 1 aromatic heterocycles. The number of benzene rings is 1. The molecule has 2 rings (SSSR count). The molecule has 0 saturated carbocycles. The van der Waals surface area contributed by atoms with Crippen LogP contribution in [0.4, 0.5) is 0 Å². The molecular formula is C13H7Cl2NO2. The van der Waals surface area contributed by atoms with Gasteiger partial charge in [-0.25, -0.2) is 0 Å². The van der Waals surface area contributed by atoms with E-state index in [0.717, 1.165) is 0 Å². The van der Waals surface area contributed by atoms with Crippen LogP contribution in [0, 0.1) is 11.3 Å². The molecule has 1 unspecified atom stereocenters. The van der Waals surface area contributed by atoms with E-state index >= 15 is 0 Å². The highest BCUT2D eigenvalue weighted by molar-refractivity contribution is 6.32. The molecule has 0 aliphatic heterocycles. The van der Waals surface area contributed by atoms with Crippen LogP contribution in [0.25, 0.3) is 0 Å². The van der Waals surface area contributed by atoms with Crippen LogP contribution < -0.4 is 0 Å². The average molecular weight is 280 g/mol. The lowest BCUT2D eigenvalue weighted by Crippen LogP contribution is -2.10. The zero-order valence-electron chi connectivity index (χ0n) is 9.06. The van der Waals surface area contributed by atoms with E-state index in [4.69, 9.17) is 32.9 Å². The molecule has 1 heterocycles. The molecule has 5 heteroatoms. The van der Waals surface area contributed by atoms with Crippen LogP contribution in [-0.2, 0) is 0 Å². The molecule has 0 fully saturated rings. The van der Waals surface area contributed by atoms with Gasteiger partial charge in [0.05, 0.1) is 17.9 Å². The Balaban J connectivity index is 2.39. The molecule has 0 amide bonds. The second kappa shape index (κ2) is 5.26. The minimum Gasteiger partial charge on any atom is -0.452 e. The van der Waals surface area contributed by atoms with E-state index in [1.807, 2.05) is 6.07 Å². The lowest BCUT2D eigenvalue weighted by atomic mass is 9.93. The summed E-state index contributed by atoms with van der Waals surface area (Å²) in [4.78, 5) is 12.2. The Morgan fingerprint density at radius 2 is 2.11 bits per heavy atom. The summed E-state index contributed by atoms with van der Waals surface area (Å²) in [6.45, 7) is 0. The smallest absolute Gasteiger partial charge is 0.203 e. The van der Waals surface area contributed by atoms with Crippen molar-refractivity contribution in [1.82, 2.24) is 0 Å². The molecule has 0 N–H and O–H groups in total. The van der Waals surface area contributed by atoms with Crippen molar-refractivity contribution in [3.63, 3.8) is 0 Å². The highest BCUT2D eigenvalue weighted by atomic mass is 35.5. The lowest BCUT2D eigenvalue weighted by Gasteiger charge is -2.07. The number of furan rings is 1. The molecule has 3 nitrogen and oxygen atoms in total. The maximum atomic E-state index is 12.2. The summed E-state index contributed by atoms with van der Waals surface area (Å²) in [7, 11) is 0. The Hall–Kier alpha value is -1.76. The van der Waals surface area contributed by atoms with Gasteiger partial charge in [-0.15, -0.1) is 0 Å². The fourth-order valence-corrected chi connectivity index (χ4v) is 2.00. The SMILES string of the molecule is N#CC(C(=O)c1ccoc1Cl)c1cccc(Cl)c1. The van der Waals surface area contributed by atoms with Crippen LogP contribution in [0.3, 0.4) is 0 Å². The second-order valence-corrected chi connectivity index (χ2v) is 4.37. The van der Waals surface area contributed by atoms with Crippen molar-refractivity contribution >= 4 is 29.0 Å². The summed E-state index contributed by atoms with van der Waals surface area (Å²) >= 11 is 11.6. The number of nitrogens with zero attached hydrogens (tertiary/aromatic N) is 1. The third-order valence-corrected chi connectivity index (χ3v) is 2.98. The Labute approximate surface area is 114 Å². The maximum Gasteiger partial charge on any atom is 0.203 e. The maximum absolute atomic E-state index is 12.2. The molecule has 0 saturated heterocycles. The fraction of sp³-hybridized carbons (Fsp3) is 0.0769. The first-order chi connectivity index (χ1) is 8.63. The minimum absolute atomic E-state index is 0.0118. The van der Waals surface area contributed by atoms with Gasteiger partial charge in [-0.1, -0.05) is 23.7 Å². The first kappa shape index (κ1) is 12.7. The molecule has 0 aliphatic rings. The number of carbonyl (C=O) groups excluding carboxylic acids is 1. The van der Waals surface area contributed by atoms with Gasteiger partial charge in [-0.05, 0) is 35.4 Å². The van der Waals surface area contributed by atoms with Crippen LogP contribution in [-0.4, -0.2) is 5.78 Å². The fourth-order valence-electron chi connectivity index (χ4n) is 1.60. The Morgan fingerprint density at radius 1 is 1.33 bits per heavy atom. The quantitative estimate of drug-likeness (QED) is 0.796. The number of hydrogen-bond acceptors (Lipinski definition) is 3. The van der Waals surface area contributed by atoms with Crippen molar-refractivity contribution in [2.45, 2.75) is 5.92 Å². The van der Waals surface area contributed by atoms with Crippen LogP contribution in [0.2, 0.25) is 10.2 Å². The number of carbonyl (C=O) groups is 1. The summed E-state index contributed by atoms with van der Waals surface area (Å²) in [5, 5.41) is 9.60. The predicted molar refractivity (Wildman–Crippen MR) is 67.9 cm³/mol. The van der Waals surface area contributed by atoms with Crippen LogP contribution in [0.1, 0.15) is 21.8 Å². The first-order valence-electron chi connectivity index (χ1n) is 5.05. The average Bonchev–Trinajstić information content (AvgIpc) is 2.76. The molecule has 2 aromatic rings. The molecule has 0 spiro atoms. The van der Waals surface area contributed by atoms with Crippen molar-refractivity contribution in [2.24, 2.45) is 0 Å². The van der Waals surface area contributed by atoms with Gasteiger partial charge < -0.3 is 4.42 Å². The van der Waals surface area contributed by atoms with Crippen LogP contribution in [0.5, 0.6) is 0 Å². The summed E-state index contributed by atoms with van der Waals surface area (Å²) in [6.07, 6.45) is 1.31. The summed E-state index contributed by atoms with van der Waals surface area (Å²) < 4.78 is 4.85. The Bertz CT molecular complexity index is 628. The first-order valence-corrected chi connectivity index (χ1v) is 5.81. The van der Waals surface area contributed by atoms with Gasteiger partial charge in [0.2, 0.25) is 5.22 Å². The highest BCUT2D eigenvalue weighted by Crippen LogP contribution is 2.27. The predicted octanol–water partition coefficient (Wildman–Crippen LogP) is 4.08. The van der Waals surface area contributed by atoms with Gasteiger partial charge in [0.15, 0.2) is 5.78 Å². The topological polar surface area (TPSA) is 54.0 Å². The van der Waals surface area contributed by atoms with Gasteiger partial charge in [0.25, 0.3) is 0 Å². The molecule has 0 radical (unpaired) electrons. The van der Waals surface area contributed by atoms with Crippen LogP contribution >= 0.6 is 23.2 Å². The number of rotatable bonds is 3. The molecule has 1 atom stereocenters. The van der Waals surface area contributed by atoms with Gasteiger partial charge in [0.1, 0.15) is 5.92 Å². The molecule has 0 aliphatic carbocycles. The van der Waals surface area contributed by atoms with Gasteiger partial charge in [-0.2, -0.15) is 5.26 Å². The molecule has 90 valence electrons. The highest BCUT2D eigenvalue weighted by Gasteiger charge is 2.25. The Kier molecular flexibility index (Phi) is 3.71. The number of ketones is 1. The van der Waals surface area contributed by atoms with E-state index in [9.17, 15) is 4.79 Å². The van der Waals surface area contributed by atoms with E-state index in [1.165, 1.54) is 12.3 Å². The number of halogens is 2. The third-order valence-electron chi connectivity index (χ3n) is 2.46. The van der Waals surface area contributed by atoms with Gasteiger partial charge >= 0.3 is 0 Å². The van der Waals surface area contributed by atoms with Crippen molar-refractivity contribution in [2.75, 3.05) is 0 Å². The van der Waals surface area contributed by atoms with Gasteiger partial charge in [-0.3, -0.25) is 4.79 Å². The van der Waals surface area contributed by atoms with E-state index in [-0.39, 0.29) is 10.8 Å². The molecule has 18 heavy (non-hydrogen) atoms. The number of Topliss-reactive ketones (excluding diaryl/α,β-unsaturated/α-hetero) is 1. The molecule has 0 bridgehead atoms. The summed E-state index contributed by atoms with van der Waals surface area (Å²) in [6, 6.07) is 10.0. The molecule has 1 aromatic carbocycles.